The Morgan fingerprint density at radius 3 is 2.82 bits per heavy atom. The summed E-state index contributed by atoms with van der Waals surface area (Å²) in [5.41, 5.74) is 0.740. The quantitative estimate of drug-likeness (QED) is 0.700. The molecule has 1 spiro atoms. The maximum atomic E-state index is 13.3. The third-order valence-corrected chi connectivity index (χ3v) is 6.50. The Labute approximate surface area is 168 Å². The molecule has 2 amide bonds. The van der Waals surface area contributed by atoms with E-state index in [1.165, 1.54) is 0 Å². The lowest BCUT2D eigenvalue weighted by Gasteiger charge is -2.48. The maximum absolute atomic E-state index is 13.3. The van der Waals surface area contributed by atoms with E-state index >= 15 is 0 Å². The topological polar surface area (TPSA) is 49.9 Å². The molecule has 152 valence electrons. The fourth-order valence-corrected chi connectivity index (χ4v) is 4.74. The molecule has 2 saturated heterocycles. The molecular formula is C23H32N2O3. The molecule has 0 unspecified atom stereocenters. The number of amides is 2. The average molecular weight is 385 g/mol. The molecule has 0 N–H and O–H groups in total. The Morgan fingerprint density at radius 2 is 2.04 bits per heavy atom. The van der Waals surface area contributed by atoms with Crippen molar-refractivity contribution in [2.45, 2.75) is 64.3 Å². The first-order valence-corrected chi connectivity index (χ1v) is 10.9. The number of hydrogen-bond donors (Lipinski definition) is 0. The van der Waals surface area contributed by atoms with Gasteiger partial charge in [0.2, 0.25) is 5.91 Å². The molecule has 1 aromatic carbocycles. The molecule has 2 aliphatic heterocycles. The van der Waals surface area contributed by atoms with E-state index in [1.807, 2.05) is 29.2 Å². The minimum absolute atomic E-state index is 0.0704. The van der Waals surface area contributed by atoms with Gasteiger partial charge < -0.3 is 14.5 Å². The highest BCUT2D eigenvalue weighted by molar-refractivity contribution is 5.97. The van der Waals surface area contributed by atoms with Crippen molar-refractivity contribution in [3.63, 3.8) is 0 Å². The number of likely N-dealkylation sites (tertiary alicyclic amines) is 2. The number of nitrogens with zero attached hydrogens (tertiary/aromatic N) is 2. The monoisotopic (exact) mass is 384 g/mol. The van der Waals surface area contributed by atoms with Crippen LogP contribution in [0.3, 0.4) is 0 Å². The van der Waals surface area contributed by atoms with Gasteiger partial charge in [0, 0.05) is 37.5 Å². The van der Waals surface area contributed by atoms with Crippen LogP contribution in [-0.4, -0.2) is 53.9 Å². The van der Waals surface area contributed by atoms with Gasteiger partial charge in [0.15, 0.2) is 0 Å². The predicted octanol–water partition coefficient (Wildman–Crippen LogP) is 3.87. The minimum atomic E-state index is 0.0704. The Hall–Kier alpha value is -2.04. The van der Waals surface area contributed by atoms with Crippen molar-refractivity contribution in [2.24, 2.45) is 5.41 Å². The van der Waals surface area contributed by atoms with Crippen LogP contribution in [-0.2, 0) is 4.79 Å². The molecule has 0 radical (unpaired) electrons. The summed E-state index contributed by atoms with van der Waals surface area (Å²) in [5, 5.41) is 0. The van der Waals surface area contributed by atoms with Crippen molar-refractivity contribution in [2.75, 3.05) is 26.2 Å². The summed E-state index contributed by atoms with van der Waals surface area (Å²) in [4.78, 5) is 29.8. The molecule has 3 fully saturated rings. The number of rotatable bonds is 6. The van der Waals surface area contributed by atoms with Crippen molar-refractivity contribution in [1.29, 1.82) is 0 Å². The molecule has 1 atom stereocenters. The van der Waals surface area contributed by atoms with Crippen molar-refractivity contribution in [3.05, 3.63) is 29.8 Å². The number of hydrogen-bond acceptors (Lipinski definition) is 3. The van der Waals surface area contributed by atoms with Crippen LogP contribution in [0.15, 0.2) is 24.3 Å². The summed E-state index contributed by atoms with van der Waals surface area (Å²) in [5.74, 6) is 1.08. The number of carbonyl (C=O) groups excluding carboxylic acids is 2. The average Bonchev–Trinajstić information content (AvgIpc) is 3.56. The van der Waals surface area contributed by atoms with Crippen molar-refractivity contribution < 1.29 is 14.3 Å². The lowest BCUT2D eigenvalue weighted by Crippen LogP contribution is -2.55. The molecule has 4 rings (SSSR count). The molecule has 2 heterocycles. The summed E-state index contributed by atoms with van der Waals surface area (Å²) in [7, 11) is 0. The third kappa shape index (κ3) is 4.03. The van der Waals surface area contributed by atoms with Crippen LogP contribution in [0.5, 0.6) is 5.75 Å². The first kappa shape index (κ1) is 19.3. The van der Waals surface area contributed by atoms with Gasteiger partial charge in [0.05, 0.1) is 12.2 Å². The van der Waals surface area contributed by atoms with E-state index in [4.69, 9.17) is 4.74 Å². The van der Waals surface area contributed by atoms with Crippen LogP contribution in [0, 0.1) is 5.41 Å². The van der Waals surface area contributed by atoms with Crippen LogP contribution in [0.1, 0.15) is 68.6 Å². The number of ether oxygens (including phenoxy) is 1. The number of benzene rings is 1. The first-order chi connectivity index (χ1) is 13.6. The Morgan fingerprint density at radius 1 is 1.21 bits per heavy atom. The van der Waals surface area contributed by atoms with Gasteiger partial charge in [-0.05, 0) is 50.7 Å². The largest absolute Gasteiger partial charge is 0.493 e. The Kier molecular flexibility index (Phi) is 5.61. The van der Waals surface area contributed by atoms with E-state index in [0.717, 1.165) is 64.6 Å². The van der Waals surface area contributed by atoms with Crippen molar-refractivity contribution in [3.8, 4) is 5.75 Å². The second-order valence-corrected chi connectivity index (χ2v) is 8.78. The highest BCUT2D eigenvalue weighted by Crippen LogP contribution is 2.42. The normalized spacial score (nSPS) is 25.2. The molecule has 0 aromatic heterocycles. The number of carbonyl (C=O) groups is 2. The third-order valence-electron chi connectivity index (χ3n) is 6.50. The molecule has 3 aliphatic rings. The van der Waals surface area contributed by atoms with Gasteiger partial charge in [0.1, 0.15) is 5.75 Å². The van der Waals surface area contributed by atoms with Gasteiger partial charge in [-0.3, -0.25) is 9.59 Å². The van der Waals surface area contributed by atoms with Gasteiger partial charge in [-0.1, -0.05) is 25.5 Å². The van der Waals surface area contributed by atoms with Crippen LogP contribution in [0.4, 0.5) is 0 Å². The fourth-order valence-electron chi connectivity index (χ4n) is 4.74. The number of unbranched alkanes of at least 4 members (excludes halogenated alkanes) is 1. The molecule has 5 nitrogen and oxygen atoms in total. The molecule has 1 aromatic rings. The van der Waals surface area contributed by atoms with Crippen molar-refractivity contribution in [1.82, 2.24) is 9.80 Å². The van der Waals surface area contributed by atoms with E-state index in [2.05, 4.69) is 11.8 Å². The summed E-state index contributed by atoms with van der Waals surface area (Å²) < 4.78 is 5.90. The summed E-state index contributed by atoms with van der Waals surface area (Å²) >= 11 is 0. The first-order valence-electron chi connectivity index (χ1n) is 10.9. The zero-order chi connectivity index (χ0) is 19.6. The lowest BCUT2D eigenvalue weighted by molar-refractivity contribution is -0.139. The Balaban J connectivity index is 1.47. The van der Waals surface area contributed by atoms with Crippen molar-refractivity contribution >= 4 is 11.8 Å². The fraction of sp³-hybridized carbons (Fsp3) is 0.652. The second kappa shape index (κ2) is 8.14. The SMILES string of the molecule is CCCCOc1ccccc1C(=O)N1CCC[C@]2(CCC(=O)N(C3CC3)C2)C1. The lowest BCUT2D eigenvalue weighted by atomic mass is 9.73. The zero-order valence-electron chi connectivity index (χ0n) is 17.0. The van der Waals surface area contributed by atoms with Crippen LogP contribution < -0.4 is 4.74 Å². The van der Waals surface area contributed by atoms with E-state index < -0.39 is 0 Å². The molecule has 5 heteroatoms. The summed E-state index contributed by atoms with van der Waals surface area (Å²) in [6.07, 6.45) is 8.02. The van der Waals surface area contributed by atoms with Gasteiger partial charge in [-0.25, -0.2) is 0 Å². The van der Waals surface area contributed by atoms with Gasteiger partial charge in [-0.15, -0.1) is 0 Å². The smallest absolute Gasteiger partial charge is 0.257 e. The van der Waals surface area contributed by atoms with Crippen LogP contribution >= 0.6 is 0 Å². The molecule has 1 aliphatic carbocycles. The summed E-state index contributed by atoms with van der Waals surface area (Å²) in [6.45, 7) is 5.15. The van der Waals surface area contributed by atoms with Gasteiger partial charge in [0.25, 0.3) is 5.91 Å². The Bertz CT molecular complexity index is 730. The second-order valence-electron chi connectivity index (χ2n) is 8.78. The van der Waals surface area contributed by atoms with Gasteiger partial charge >= 0.3 is 0 Å². The zero-order valence-corrected chi connectivity index (χ0v) is 17.0. The maximum Gasteiger partial charge on any atom is 0.257 e. The highest BCUT2D eigenvalue weighted by atomic mass is 16.5. The summed E-state index contributed by atoms with van der Waals surface area (Å²) in [6, 6.07) is 8.08. The van der Waals surface area contributed by atoms with Crippen LogP contribution in [0.25, 0.3) is 0 Å². The predicted molar refractivity (Wildman–Crippen MR) is 108 cm³/mol. The van der Waals surface area contributed by atoms with E-state index in [1.54, 1.807) is 0 Å². The number of piperidine rings is 2. The molecular weight excluding hydrogens is 352 g/mol. The molecule has 1 saturated carbocycles. The van der Waals surface area contributed by atoms with E-state index in [0.29, 0.717) is 36.3 Å². The van der Waals surface area contributed by atoms with Gasteiger partial charge in [-0.2, -0.15) is 0 Å². The minimum Gasteiger partial charge on any atom is -0.493 e. The van der Waals surface area contributed by atoms with E-state index in [-0.39, 0.29) is 11.3 Å². The molecule has 0 bridgehead atoms. The van der Waals surface area contributed by atoms with Crippen LogP contribution in [0.2, 0.25) is 0 Å². The standard InChI is InChI=1S/C23H32N2O3/c1-2-3-15-28-20-8-5-4-7-19(20)22(27)24-14-6-12-23(16-24)13-11-21(26)25(17-23)18-9-10-18/h4-5,7-8,18H,2-3,6,9-17H2,1H3/t23-/m0/s1. The van der Waals surface area contributed by atoms with E-state index in [9.17, 15) is 9.59 Å². The molecule has 28 heavy (non-hydrogen) atoms. The highest BCUT2D eigenvalue weighted by Gasteiger charge is 2.46. The number of para-hydroxylation sites is 1.